The molecule has 144 valence electrons. The molecule has 0 spiro atoms. The maximum Gasteiger partial charge on any atom is 0.0670 e. The second-order valence-corrected chi connectivity index (χ2v) is 8.92. The van der Waals surface area contributed by atoms with Gasteiger partial charge in [-0.2, -0.15) is 0 Å². The van der Waals surface area contributed by atoms with Crippen molar-refractivity contribution in [3.8, 4) is 0 Å². The van der Waals surface area contributed by atoms with Crippen LogP contribution >= 0.6 is 34.8 Å². The predicted molar refractivity (Wildman–Crippen MR) is 116 cm³/mol. The molecule has 1 aliphatic carbocycles. The molecule has 0 bridgehead atoms. The van der Waals surface area contributed by atoms with E-state index in [4.69, 9.17) is 34.8 Å². The summed E-state index contributed by atoms with van der Waals surface area (Å²) in [6, 6.07) is 15.1. The molecule has 5 heteroatoms. The van der Waals surface area contributed by atoms with Crippen LogP contribution in [0.25, 0.3) is 0 Å². The molecule has 0 N–H and O–H groups in total. The van der Waals surface area contributed by atoms with Crippen molar-refractivity contribution in [3.05, 3.63) is 63.1 Å². The van der Waals surface area contributed by atoms with E-state index in [9.17, 15) is 0 Å². The third-order valence-electron chi connectivity index (χ3n) is 5.98. The quantitative estimate of drug-likeness (QED) is 0.533. The molecule has 1 atom stereocenters. The maximum absolute atomic E-state index is 6.57. The van der Waals surface area contributed by atoms with Gasteiger partial charge in [-0.25, -0.2) is 0 Å². The minimum atomic E-state index is 0.261. The van der Waals surface area contributed by atoms with Gasteiger partial charge in [0.2, 0.25) is 0 Å². The molecule has 2 fully saturated rings. The number of piperazine rings is 1. The molecule has 0 radical (unpaired) electrons. The van der Waals surface area contributed by atoms with Crippen LogP contribution in [0.4, 0.5) is 5.69 Å². The lowest BCUT2D eigenvalue weighted by molar-refractivity contribution is 0.128. The lowest BCUT2D eigenvalue weighted by atomic mass is 9.92. The van der Waals surface area contributed by atoms with Crippen molar-refractivity contribution < 1.29 is 0 Å². The summed E-state index contributed by atoms with van der Waals surface area (Å²) in [5.41, 5.74) is 2.34. The second-order valence-electron chi connectivity index (χ2n) is 7.64. The third kappa shape index (κ3) is 4.40. The van der Waals surface area contributed by atoms with Gasteiger partial charge in [-0.15, -0.1) is 0 Å². The van der Waals surface area contributed by atoms with E-state index < -0.39 is 0 Å². The zero-order chi connectivity index (χ0) is 18.8. The van der Waals surface area contributed by atoms with Gasteiger partial charge >= 0.3 is 0 Å². The average Bonchev–Trinajstić information content (AvgIpc) is 2.69. The van der Waals surface area contributed by atoms with Crippen LogP contribution in [0.15, 0.2) is 42.5 Å². The number of nitrogens with zero attached hydrogens (tertiary/aromatic N) is 2. The van der Waals surface area contributed by atoms with Crippen molar-refractivity contribution in [1.29, 1.82) is 0 Å². The van der Waals surface area contributed by atoms with Gasteiger partial charge in [0.05, 0.1) is 16.8 Å². The number of benzene rings is 2. The highest BCUT2D eigenvalue weighted by Crippen LogP contribution is 2.38. The van der Waals surface area contributed by atoms with Gasteiger partial charge in [-0.1, -0.05) is 66.2 Å². The Balaban J connectivity index is 1.64. The molecule has 1 saturated carbocycles. The predicted octanol–water partition coefficient (Wildman–Crippen LogP) is 6.84. The fourth-order valence-corrected chi connectivity index (χ4v) is 5.20. The summed E-state index contributed by atoms with van der Waals surface area (Å²) in [7, 11) is 0. The second kappa shape index (κ2) is 8.61. The Labute approximate surface area is 177 Å². The summed E-state index contributed by atoms with van der Waals surface area (Å²) < 4.78 is 0. The van der Waals surface area contributed by atoms with E-state index in [1.165, 1.54) is 37.7 Å². The third-order valence-corrected chi connectivity index (χ3v) is 6.77. The van der Waals surface area contributed by atoms with Crippen LogP contribution in [-0.4, -0.2) is 30.6 Å². The number of rotatable bonds is 3. The Bertz CT molecular complexity index is 772. The number of anilines is 1. The average molecular weight is 424 g/mol. The molecular weight excluding hydrogens is 399 g/mol. The maximum atomic E-state index is 6.57. The van der Waals surface area contributed by atoms with E-state index in [1.54, 1.807) is 0 Å². The van der Waals surface area contributed by atoms with Gasteiger partial charge in [-0.05, 0) is 48.7 Å². The zero-order valence-electron chi connectivity index (χ0n) is 15.4. The summed E-state index contributed by atoms with van der Waals surface area (Å²) in [6.45, 7) is 3.06. The Morgan fingerprint density at radius 2 is 1.48 bits per heavy atom. The lowest BCUT2D eigenvalue weighted by Crippen LogP contribution is -2.52. The summed E-state index contributed by atoms with van der Waals surface area (Å²) in [5, 5.41) is 2.16. The van der Waals surface area contributed by atoms with Crippen LogP contribution in [0.3, 0.4) is 0 Å². The normalized spacial score (nSPS) is 22.2. The Hall–Kier alpha value is -0.930. The molecule has 2 aliphatic rings. The van der Waals surface area contributed by atoms with Gasteiger partial charge in [0, 0.05) is 35.7 Å². The van der Waals surface area contributed by atoms with Crippen LogP contribution in [0, 0.1) is 0 Å². The van der Waals surface area contributed by atoms with E-state index in [2.05, 4.69) is 21.9 Å². The van der Waals surface area contributed by atoms with Gasteiger partial charge in [0.15, 0.2) is 0 Å². The van der Waals surface area contributed by atoms with Gasteiger partial charge < -0.3 is 4.90 Å². The van der Waals surface area contributed by atoms with E-state index in [-0.39, 0.29) is 6.04 Å². The number of hydrogen-bond acceptors (Lipinski definition) is 2. The molecule has 0 aromatic heterocycles. The van der Waals surface area contributed by atoms with Gasteiger partial charge in [-0.3, -0.25) is 4.90 Å². The largest absolute Gasteiger partial charge is 0.361 e. The fourth-order valence-electron chi connectivity index (χ4n) is 4.55. The zero-order valence-corrected chi connectivity index (χ0v) is 17.6. The smallest absolute Gasteiger partial charge is 0.0670 e. The Morgan fingerprint density at radius 1 is 0.778 bits per heavy atom. The molecule has 1 saturated heterocycles. The van der Waals surface area contributed by atoms with E-state index >= 15 is 0 Å². The van der Waals surface area contributed by atoms with E-state index in [0.29, 0.717) is 10.0 Å². The monoisotopic (exact) mass is 422 g/mol. The van der Waals surface area contributed by atoms with Crippen LogP contribution < -0.4 is 4.90 Å². The molecule has 1 aliphatic heterocycles. The SMILES string of the molecule is Clc1ccc(C2CN(C3CCCCC3)CCN2c2ccc(Cl)cc2Cl)cc1. The van der Waals surface area contributed by atoms with Gasteiger partial charge in [0.1, 0.15) is 0 Å². The topological polar surface area (TPSA) is 6.48 Å². The van der Waals surface area contributed by atoms with Crippen molar-refractivity contribution in [2.75, 3.05) is 24.5 Å². The van der Waals surface area contributed by atoms with Crippen LogP contribution in [0.5, 0.6) is 0 Å². The molecule has 4 rings (SSSR count). The Kier molecular flexibility index (Phi) is 6.18. The molecule has 0 amide bonds. The molecule has 2 aromatic rings. The summed E-state index contributed by atoms with van der Waals surface area (Å²) >= 11 is 18.8. The number of halogens is 3. The van der Waals surface area contributed by atoms with Crippen molar-refractivity contribution in [2.45, 2.75) is 44.2 Å². The molecular formula is C22H25Cl3N2. The summed E-state index contributed by atoms with van der Waals surface area (Å²) in [5.74, 6) is 0. The first-order valence-corrected chi connectivity index (χ1v) is 11.0. The molecule has 1 heterocycles. The van der Waals surface area contributed by atoms with Crippen LogP contribution in [-0.2, 0) is 0 Å². The molecule has 2 aromatic carbocycles. The fraction of sp³-hybridized carbons (Fsp3) is 0.455. The Morgan fingerprint density at radius 3 is 2.19 bits per heavy atom. The van der Waals surface area contributed by atoms with Crippen molar-refractivity contribution >= 4 is 40.5 Å². The van der Waals surface area contributed by atoms with Crippen molar-refractivity contribution in [2.24, 2.45) is 0 Å². The molecule has 1 unspecified atom stereocenters. The summed E-state index contributed by atoms with van der Waals surface area (Å²) in [4.78, 5) is 5.12. The standard InChI is InChI=1S/C22H25Cl3N2/c23-17-8-6-16(7-9-17)22-15-26(19-4-2-1-3-5-19)12-13-27(22)21-11-10-18(24)14-20(21)25/h6-11,14,19,22H,1-5,12-13,15H2. The highest BCUT2D eigenvalue weighted by molar-refractivity contribution is 6.36. The number of hydrogen-bond donors (Lipinski definition) is 0. The van der Waals surface area contributed by atoms with Crippen LogP contribution in [0.2, 0.25) is 15.1 Å². The van der Waals surface area contributed by atoms with Crippen molar-refractivity contribution in [1.82, 2.24) is 4.90 Å². The summed E-state index contributed by atoms with van der Waals surface area (Å²) in [6.07, 6.45) is 6.76. The van der Waals surface area contributed by atoms with E-state index in [1.807, 2.05) is 30.3 Å². The first kappa shape index (κ1) is 19.4. The van der Waals surface area contributed by atoms with Crippen LogP contribution in [0.1, 0.15) is 43.7 Å². The highest BCUT2D eigenvalue weighted by Gasteiger charge is 2.33. The van der Waals surface area contributed by atoms with Gasteiger partial charge in [0.25, 0.3) is 0 Å². The minimum absolute atomic E-state index is 0.261. The first-order valence-electron chi connectivity index (χ1n) is 9.83. The molecule has 27 heavy (non-hydrogen) atoms. The van der Waals surface area contributed by atoms with E-state index in [0.717, 1.165) is 36.4 Å². The van der Waals surface area contributed by atoms with Crippen molar-refractivity contribution in [3.63, 3.8) is 0 Å². The first-order chi connectivity index (χ1) is 13.1. The minimum Gasteiger partial charge on any atom is -0.361 e. The highest BCUT2D eigenvalue weighted by atomic mass is 35.5. The molecule has 2 nitrogen and oxygen atoms in total. The lowest BCUT2D eigenvalue weighted by Gasteiger charge is -2.47.